The molecule has 0 saturated carbocycles. The van der Waals surface area contributed by atoms with Gasteiger partial charge >= 0.3 is 0 Å². The highest BCUT2D eigenvalue weighted by Crippen LogP contribution is 2.22. The van der Waals surface area contributed by atoms with Gasteiger partial charge in [-0.1, -0.05) is 17.7 Å². The summed E-state index contributed by atoms with van der Waals surface area (Å²) in [4.78, 5) is 36.7. The molecule has 0 spiro atoms. The third kappa shape index (κ3) is 4.99. The summed E-state index contributed by atoms with van der Waals surface area (Å²) in [5.41, 5.74) is 2.00. The maximum atomic E-state index is 14.9. The van der Waals surface area contributed by atoms with Gasteiger partial charge in [0.1, 0.15) is 11.6 Å². The van der Waals surface area contributed by atoms with Gasteiger partial charge < -0.3 is 15.5 Å². The molecule has 0 bridgehead atoms. The van der Waals surface area contributed by atoms with E-state index in [-0.39, 0.29) is 11.3 Å². The number of fused-ring (bicyclic) bond motifs is 1. The normalized spacial score (nSPS) is 13.6. The monoisotopic (exact) mass is 489 g/mol. The fourth-order valence-electron chi connectivity index (χ4n) is 3.95. The molecule has 2 N–H and O–H groups in total. The third-order valence-corrected chi connectivity index (χ3v) is 6.03. The van der Waals surface area contributed by atoms with Crippen LogP contribution in [0.4, 0.5) is 15.9 Å². The Morgan fingerprint density at radius 3 is 2.57 bits per heavy atom. The van der Waals surface area contributed by atoms with E-state index >= 15 is 0 Å². The minimum Gasteiger partial charge on any atom is -0.353 e. The van der Waals surface area contributed by atoms with Crippen LogP contribution < -0.4 is 15.5 Å². The van der Waals surface area contributed by atoms with Crippen LogP contribution in [0, 0.1) is 5.82 Å². The van der Waals surface area contributed by atoms with Crippen molar-refractivity contribution in [2.24, 2.45) is 0 Å². The van der Waals surface area contributed by atoms with Gasteiger partial charge in [-0.25, -0.2) is 9.37 Å². The van der Waals surface area contributed by atoms with E-state index in [0.717, 1.165) is 38.1 Å². The van der Waals surface area contributed by atoms with Crippen molar-refractivity contribution in [3.8, 4) is 0 Å². The van der Waals surface area contributed by atoms with E-state index in [1.807, 2.05) is 0 Å². The van der Waals surface area contributed by atoms with E-state index in [2.05, 4.69) is 25.5 Å². The number of carbonyl (C=O) groups is 2. The molecule has 5 rings (SSSR count). The van der Waals surface area contributed by atoms with Gasteiger partial charge in [-0.15, -0.1) is 0 Å². The van der Waals surface area contributed by atoms with Gasteiger partial charge in [0.15, 0.2) is 5.78 Å². The highest BCUT2D eigenvalue weighted by molar-refractivity contribution is 6.31. The minimum absolute atomic E-state index is 0.101. The van der Waals surface area contributed by atoms with Crippen LogP contribution in [-0.4, -0.2) is 47.8 Å². The average Bonchev–Trinajstić information content (AvgIpc) is 2.88. The predicted molar refractivity (Wildman–Crippen MR) is 134 cm³/mol. The quantitative estimate of drug-likeness (QED) is 0.406. The number of benzene rings is 3. The first-order valence-corrected chi connectivity index (χ1v) is 11.5. The number of halogens is 2. The zero-order valence-electron chi connectivity index (χ0n) is 18.6. The van der Waals surface area contributed by atoms with Crippen LogP contribution >= 0.6 is 11.6 Å². The number of piperazine rings is 1. The van der Waals surface area contributed by atoms with Gasteiger partial charge in [0.2, 0.25) is 0 Å². The second-order valence-corrected chi connectivity index (χ2v) is 8.59. The summed E-state index contributed by atoms with van der Waals surface area (Å²) in [6.45, 7) is 3.38. The topological polar surface area (TPSA) is 87.2 Å². The minimum atomic E-state index is -0.736. The number of hydrogen-bond acceptors (Lipinski definition) is 6. The van der Waals surface area contributed by atoms with E-state index in [4.69, 9.17) is 11.6 Å². The Balaban J connectivity index is 1.37. The Labute approximate surface area is 206 Å². The Morgan fingerprint density at radius 1 is 0.971 bits per heavy atom. The Kier molecular flexibility index (Phi) is 6.39. The number of amides is 1. The summed E-state index contributed by atoms with van der Waals surface area (Å²) < 4.78 is 14.9. The van der Waals surface area contributed by atoms with Gasteiger partial charge in [-0.05, 0) is 54.6 Å². The summed E-state index contributed by atoms with van der Waals surface area (Å²) in [7, 11) is 0. The Bertz CT molecular complexity index is 1440. The van der Waals surface area contributed by atoms with Crippen LogP contribution in [0.3, 0.4) is 0 Å². The standard InChI is InChI=1S/C26H21ClFN5O2/c27-18-3-1-2-17(12-18)26(35)31-19-5-6-20(21(28)14-19)25(34)16-4-7-22-23(13-16)32-24(15-30-22)33-10-8-29-9-11-33/h1-7,12-15,29H,8-11H2,(H,31,35). The van der Waals surface area contributed by atoms with E-state index in [1.165, 1.54) is 18.2 Å². The molecule has 1 fully saturated rings. The van der Waals surface area contributed by atoms with Crippen molar-refractivity contribution in [1.29, 1.82) is 0 Å². The first kappa shape index (κ1) is 22.9. The first-order valence-electron chi connectivity index (χ1n) is 11.1. The summed E-state index contributed by atoms with van der Waals surface area (Å²) in [6, 6.07) is 15.3. The first-order chi connectivity index (χ1) is 17.0. The van der Waals surface area contributed by atoms with Crippen molar-refractivity contribution in [2.75, 3.05) is 36.4 Å². The number of anilines is 2. The zero-order chi connectivity index (χ0) is 24.4. The van der Waals surface area contributed by atoms with E-state index in [9.17, 15) is 14.0 Å². The van der Waals surface area contributed by atoms with Gasteiger partial charge in [0, 0.05) is 48.0 Å². The molecule has 35 heavy (non-hydrogen) atoms. The maximum Gasteiger partial charge on any atom is 0.255 e. The molecule has 1 aromatic heterocycles. The number of nitrogens with one attached hydrogen (secondary N) is 2. The van der Waals surface area contributed by atoms with Gasteiger partial charge in [-0.3, -0.25) is 14.6 Å². The average molecular weight is 490 g/mol. The molecule has 7 nitrogen and oxygen atoms in total. The molecule has 1 saturated heterocycles. The summed E-state index contributed by atoms with van der Waals surface area (Å²) in [5.74, 6) is -0.903. The molecule has 9 heteroatoms. The van der Waals surface area contributed by atoms with E-state index < -0.39 is 17.5 Å². The zero-order valence-corrected chi connectivity index (χ0v) is 19.3. The lowest BCUT2D eigenvalue weighted by molar-refractivity contribution is 0.102. The summed E-state index contributed by atoms with van der Waals surface area (Å²) >= 11 is 5.92. The summed E-state index contributed by atoms with van der Waals surface area (Å²) in [6.07, 6.45) is 1.73. The predicted octanol–water partition coefficient (Wildman–Crippen LogP) is 4.32. The van der Waals surface area contributed by atoms with Crippen LogP contribution in [0.5, 0.6) is 0 Å². The number of hydrogen-bond donors (Lipinski definition) is 2. The lowest BCUT2D eigenvalue weighted by atomic mass is 10.0. The number of carbonyl (C=O) groups excluding carboxylic acids is 2. The highest BCUT2D eigenvalue weighted by Gasteiger charge is 2.18. The largest absolute Gasteiger partial charge is 0.353 e. The molecule has 1 amide bonds. The van der Waals surface area contributed by atoms with Crippen molar-refractivity contribution in [1.82, 2.24) is 15.3 Å². The van der Waals surface area contributed by atoms with Crippen LogP contribution in [0.1, 0.15) is 26.3 Å². The molecule has 4 aromatic rings. The highest BCUT2D eigenvalue weighted by atomic mass is 35.5. The molecular weight excluding hydrogens is 469 g/mol. The van der Waals surface area contributed by atoms with Crippen molar-refractivity contribution >= 4 is 45.8 Å². The van der Waals surface area contributed by atoms with Crippen LogP contribution in [0.2, 0.25) is 5.02 Å². The molecule has 176 valence electrons. The molecule has 0 atom stereocenters. The second-order valence-electron chi connectivity index (χ2n) is 8.16. The lowest BCUT2D eigenvalue weighted by Crippen LogP contribution is -2.43. The molecule has 1 aliphatic heterocycles. The maximum absolute atomic E-state index is 14.9. The molecule has 2 heterocycles. The third-order valence-electron chi connectivity index (χ3n) is 5.79. The van der Waals surface area contributed by atoms with Crippen LogP contribution in [-0.2, 0) is 0 Å². The fourth-order valence-corrected chi connectivity index (χ4v) is 4.15. The van der Waals surface area contributed by atoms with Gasteiger partial charge in [0.05, 0.1) is 22.8 Å². The van der Waals surface area contributed by atoms with E-state index in [0.29, 0.717) is 27.2 Å². The lowest BCUT2D eigenvalue weighted by Gasteiger charge is -2.28. The molecule has 0 radical (unpaired) electrons. The molecule has 0 unspecified atom stereocenters. The van der Waals surface area contributed by atoms with Crippen LogP contribution in [0.25, 0.3) is 11.0 Å². The molecule has 1 aliphatic rings. The molecule has 0 aliphatic carbocycles. The molecule has 3 aromatic carbocycles. The van der Waals surface area contributed by atoms with E-state index in [1.54, 1.807) is 42.6 Å². The van der Waals surface area contributed by atoms with Crippen LogP contribution in [0.15, 0.2) is 66.9 Å². The number of ketones is 1. The number of nitrogens with zero attached hydrogens (tertiary/aromatic N) is 3. The Hall–Kier alpha value is -3.88. The van der Waals surface area contributed by atoms with Crippen molar-refractivity contribution in [3.63, 3.8) is 0 Å². The van der Waals surface area contributed by atoms with Crippen molar-refractivity contribution in [2.45, 2.75) is 0 Å². The van der Waals surface area contributed by atoms with Crippen molar-refractivity contribution < 1.29 is 14.0 Å². The molecular formula is C26H21ClFN5O2. The van der Waals surface area contributed by atoms with Gasteiger partial charge in [0.25, 0.3) is 5.91 Å². The fraction of sp³-hybridized carbons (Fsp3) is 0.154. The number of rotatable bonds is 5. The SMILES string of the molecule is O=C(Nc1ccc(C(=O)c2ccc3ncc(N4CCNCC4)nc3c2)c(F)c1)c1cccc(Cl)c1. The van der Waals surface area contributed by atoms with Gasteiger partial charge in [-0.2, -0.15) is 0 Å². The van der Waals surface area contributed by atoms with Crippen molar-refractivity contribution in [3.05, 3.63) is 94.4 Å². The smallest absolute Gasteiger partial charge is 0.255 e. The summed E-state index contributed by atoms with van der Waals surface area (Å²) in [5, 5.41) is 6.33. The second kappa shape index (κ2) is 9.77. The Morgan fingerprint density at radius 2 is 1.80 bits per heavy atom. The number of aromatic nitrogens is 2.